The maximum absolute atomic E-state index is 13.4. The Morgan fingerprint density at radius 1 is 1.14 bits per heavy atom. The van der Waals surface area contributed by atoms with E-state index in [0.29, 0.717) is 22.5 Å². The van der Waals surface area contributed by atoms with Crippen molar-refractivity contribution in [2.75, 3.05) is 5.32 Å². The fourth-order valence-corrected chi connectivity index (χ4v) is 4.26. The van der Waals surface area contributed by atoms with Gasteiger partial charge < -0.3 is 20.6 Å². The van der Waals surface area contributed by atoms with Crippen LogP contribution in [0.2, 0.25) is 0 Å². The second kappa shape index (κ2) is 6.93. The number of carbonyl (C=O) groups is 1. The zero-order valence-electron chi connectivity index (χ0n) is 16.2. The van der Waals surface area contributed by atoms with Crippen molar-refractivity contribution in [3.63, 3.8) is 0 Å². The number of amides is 1. The molecule has 7 heteroatoms. The smallest absolute Gasteiger partial charge is 0.267 e. The Morgan fingerprint density at radius 3 is 2.52 bits per heavy atom. The molecule has 1 heterocycles. The quantitative estimate of drug-likeness (QED) is 0.470. The molecule has 3 aromatic rings. The van der Waals surface area contributed by atoms with E-state index in [0.717, 1.165) is 5.56 Å². The second-order valence-electron chi connectivity index (χ2n) is 7.86. The summed E-state index contributed by atoms with van der Waals surface area (Å²) in [5.74, 6) is -1.86. The molecule has 1 amide bonds. The van der Waals surface area contributed by atoms with Gasteiger partial charge in [0.05, 0.1) is 11.5 Å². The van der Waals surface area contributed by atoms with Crippen LogP contribution in [0.3, 0.4) is 0 Å². The van der Waals surface area contributed by atoms with Crippen LogP contribution >= 0.6 is 0 Å². The third kappa shape index (κ3) is 3.34. The van der Waals surface area contributed by atoms with Gasteiger partial charge in [-0.1, -0.05) is 30.3 Å². The first kappa shape index (κ1) is 19.0. The van der Waals surface area contributed by atoms with Gasteiger partial charge in [0.2, 0.25) is 5.91 Å². The normalized spacial score (nSPS) is 23.4. The van der Waals surface area contributed by atoms with E-state index in [2.05, 4.69) is 15.5 Å². The van der Waals surface area contributed by atoms with Crippen molar-refractivity contribution < 1.29 is 15.0 Å². The molecular formula is C22H23N3O4. The molecule has 2 aromatic carbocycles. The number of benzene rings is 2. The monoisotopic (exact) mass is 393 g/mol. The van der Waals surface area contributed by atoms with Gasteiger partial charge >= 0.3 is 0 Å². The predicted molar refractivity (Wildman–Crippen MR) is 109 cm³/mol. The van der Waals surface area contributed by atoms with Gasteiger partial charge in [-0.15, -0.1) is 0 Å². The number of aromatic amines is 2. The number of phenols is 1. The summed E-state index contributed by atoms with van der Waals surface area (Å²) in [6, 6.07) is 13.8. The van der Waals surface area contributed by atoms with E-state index in [4.69, 9.17) is 0 Å². The molecule has 1 aliphatic rings. The molecule has 0 saturated carbocycles. The van der Waals surface area contributed by atoms with E-state index in [1.807, 2.05) is 25.1 Å². The Morgan fingerprint density at radius 2 is 1.83 bits per heavy atom. The Labute approximate surface area is 167 Å². The van der Waals surface area contributed by atoms with Gasteiger partial charge in [0.25, 0.3) is 5.56 Å². The van der Waals surface area contributed by atoms with Gasteiger partial charge in [-0.25, -0.2) is 0 Å². The van der Waals surface area contributed by atoms with Crippen molar-refractivity contribution in [2.24, 2.45) is 5.92 Å². The van der Waals surface area contributed by atoms with Gasteiger partial charge in [-0.2, -0.15) is 0 Å². The van der Waals surface area contributed by atoms with Gasteiger partial charge in [-0.3, -0.25) is 14.7 Å². The number of H-pyrrole nitrogens is 2. The number of hydrogen-bond donors (Lipinski definition) is 5. The van der Waals surface area contributed by atoms with Gasteiger partial charge in [0.15, 0.2) is 0 Å². The molecule has 0 radical (unpaired) electrons. The summed E-state index contributed by atoms with van der Waals surface area (Å²) in [6.45, 7) is 3.50. The highest BCUT2D eigenvalue weighted by molar-refractivity contribution is 5.95. The number of aromatic nitrogens is 2. The summed E-state index contributed by atoms with van der Waals surface area (Å²) in [6.07, 6.45) is 0.140. The molecule has 0 bridgehead atoms. The summed E-state index contributed by atoms with van der Waals surface area (Å²) in [7, 11) is 0. The van der Waals surface area contributed by atoms with E-state index in [9.17, 15) is 19.8 Å². The molecule has 7 nitrogen and oxygen atoms in total. The van der Waals surface area contributed by atoms with Crippen molar-refractivity contribution in [3.05, 3.63) is 81.3 Å². The second-order valence-corrected chi connectivity index (χ2v) is 7.86. The fourth-order valence-electron chi connectivity index (χ4n) is 4.26. The summed E-state index contributed by atoms with van der Waals surface area (Å²) < 4.78 is 0. The van der Waals surface area contributed by atoms with Gasteiger partial charge in [0, 0.05) is 29.3 Å². The molecule has 29 heavy (non-hydrogen) atoms. The average molecular weight is 393 g/mol. The highest BCUT2D eigenvalue weighted by Gasteiger charge is 2.50. The van der Waals surface area contributed by atoms with E-state index in [1.54, 1.807) is 25.1 Å². The Bertz CT molecular complexity index is 1110. The molecule has 3 atom stereocenters. The van der Waals surface area contributed by atoms with Gasteiger partial charge in [0.1, 0.15) is 5.75 Å². The molecule has 4 rings (SSSR count). The van der Waals surface area contributed by atoms with Crippen LogP contribution in [0.4, 0.5) is 5.69 Å². The summed E-state index contributed by atoms with van der Waals surface area (Å²) in [4.78, 5) is 25.9. The standard InChI is InChI=1S/C22H23N3O4/c1-12-5-3-4-6-15(12)23-21(28)19-17(13-7-9-14(26)10-8-13)18-16(11-22(19,2)29)24-25-20(18)27/h3-10,17,19,26,29H,11H2,1-2H3,(H,23,28)(H2,24,25,27)/t17-,19-,22+/m0/s1. The summed E-state index contributed by atoms with van der Waals surface area (Å²) in [5, 5.41) is 29.2. The fraction of sp³-hybridized carbons (Fsp3) is 0.273. The predicted octanol–water partition coefficient (Wildman–Crippen LogP) is 2.41. The van der Waals surface area contributed by atoms with Crippen molar-refractivity contribution >= 4 is 11.6 Å². The first-order chi connectivity index (χ1) is 13.8. The van der Waals surface area contributed by atoms with Crippen LogP contribution in [0.25, 0.3) is 0 Å². The van der Waals surface area contributed by atoms with Crippen molar-refractivity contribution in [3.8, 4) is 5.75 Å². The highest BCUT2D eigenvalue weighted by Crippen LogP contribution is 2.44. The average Bonchev–Trinajstić information content (AvgIpc) is 3.02. The van der Waals surface area contributed by atoms with E-state index in [-0.39, 0.29) is 23.6 Å². The molecule has 150 valence electrons. The number of anilines is 1. The Kier molecular flexibility index (Phi) is 4.55. The lowest BCUT2D eigenvalue weighted by Gasteiger charge is -2.41. The molecule has 0 aliphatic heterocycles. The zero-order valence-corrected chi connectivity index (χ0v) is 16.2. The first-order valence-corrected chi connectivity index (χ1v) is 9.45. The zero-order chi connectivity index (χ0) is 20.8. The maximum atomic E-state index is 13.4. The molecular weight excluding hydrogens is 370 g/mol. The summed E-state index contributed by atoms with van der Waals surface area (Å²) in [5.41, 5.74) is 1.53. The van der Waals surface area contributed by atoms with Crippen LogP contribution in [-0.4, -0.2) is 31.9 Å². The van der Waals surface area contributed by atoms with Crippen LogP contribution in [-0.2, 0) is 11.2 Å². The van der Waals surface area contributed by atoms with Crippen LogP contribution in [0.15, 0.2) is 53.3 Å². The molecule has 1 aromatic heterocycles. The van der Waals surface area contributed by atoms with Crippen molar-refractivity contribution in [1.29, 1.82) is 0 Å². The van der Waals surface area contributed by atoms with Crippen LogP contribution in [0.5, 0.6) is 5.75 Å². The molecule has 1 aliphatic carbocycles. The Balaban J connectivity index is 1.83. The third-order valence-electron chi connectivity index (χ3n) is 5.68. The summed E-state index contributed by atoms with van der Waals surface area (Å²) >= 11 is 0. The SMILES string of the molecule is Cc1ccccc1NC(=O)[C@@H]1[C@@H](c2ccc(O)cc2)c2c([nH][nH]c2=O)C[C@@]1(C)O. The van der Waals surface area contributed by atoms with Gasteiger partial charge in [-0.05, 0) is 43.2 Å². The lowest BCUT2D eigenvalue weighted by atomic mass is 9.66. The lowest BCUT2D eigenvalue weighted by Crippen LogP contribution is -2.51. The molecule has 0 unspecified atom stereocenters. The minimum absolute atomic E-state index is 0.0837. The highest BCUT2D eigenvalue weighted by atomic mass is 16.3. The van der Waals surface area contributed by atoms with Crippen LogP contribution in [0.1, 0.15) is 35.2 Å². The number of hydrogen-bond acceptors (Lipinski definition) is 4. The van der Waals surface area contributed by atoms with Crippen LogP contribution < -0.4 is 10.9 Å². The van der Waals surface area contributed by atoms with E-state index < -0.39 is 17.4 Å². The number of nitrogens with one attached hydrogen (secondary N) is 3. The van der Waals surface area contributed by atoms with E-state index in [1.165, 1.54) is 12.1 Å². The number of aromatic hydroxyl groups is 1. The van der Waals surface area contributed by atoms with Crippen molar-refractivity contribution in [2.45, 2.75) is 31.8 Å². The molecule has 0 fully saturated rings. The number of para-hydroxylation sites is 1. The largest absolute Gasteiger partial charge is 0.508 e. The number of aliphatic hydroxyl groups is 1. The topological polar surface area (TPSA) is 118 Å². The lowest BCUT2D eigenvalue weighted by molar-refractivity contribution is -0.130. The number of rotatable bonds is 3. The molecule has 5 N–H and O–H groups in total. The van der Waals surface area contributed by atoms with E-state index >= 15 is 0 Å². The number of carbonyl (C=O) groups excluding carboxylic acids is 1. The first-order valence-electron chi connectivity index (χ1n) is 9.45. The number of fused-ring (bicyclic) bond motifs is 1. The Hall–Kier alpha value is -3.32. The van der Waals surface area contributed by atoms with Crippen LogP contribution in [0, 0.1) is 12.8 Å². The maximum Gasteiger partial charge on any atom is 0.267 e. The minimum Gasteiger partial charge on any atom is -0.508 e. The molecule has 0 spiro atoms. The number of aryl methyl sites for hydroxylation is 1. The van der Waals surface area contributed by atoms with Crippen molar-refractivity contribution in [1.82, 2.24) is 10.2 Å². The minimum atomic E-state index is -1.40. The third-order valence-corrected chi connectivity index (χ3v) is 5.68. The molecule has 0 saturated heterocycles. The number of phenolic OH excluding ortho intramolecular Hbond substituents is 1.